The highest BCUT2D eigenvalue weighted by Crippen LogP contribution is 2.14. The van der Waals surface area contributed by atoms with Crippen LogP contribution in [0, 0.1) is 17.1 Å². The summed E-state index contributed by atoms with van der Waals surface area (Å²) < 4.78 is 14.0. The first-order chi connectivity index (χ1) is 14.2. The second-order valence-corrected chi connectivity index (χ2v) is 7.32. The first-order valence-corrected chi connectivity index (χ1v) is 10.2. The summed E-state index contributed by atoms with van der Waals surface area (Å²) in [5.74, 6) is 0.344. The first-order valence-electron chi connectivity index (χ1n) is 10.2. The van der Waals surface area contributed by atoms with Gasteiger partial charge in [-0.1, -0.05) is 30.3 Å². The molecule has 2 aromatic carbocycles. The fourth-order valence-electron chi connectivity index (χ4n) is 3.60. The third-order valence-electron chi connectivity index (χ3n) is 5.02. The number of hydrogen-bond acceptors (Lipinski definition) is 3. The highest BCUT2D eigenvalue weighted by molar-refractivity contribution is 14.0. The van der Waals surface area contributed by atoms with Crippen LogP contribution in [0.15, 0.2) is 53.5 Å². The van der Waals surface area contributed by atoms with Crippen molar-refractivity contribution in [2.24, 2.45) is 4.99 Å². The molecule has 7 heteroatoms. The Kier molecular flexibility index (Phi) is 10.0. The van der Waals surface area contributed by atoms with Crippen molar-refractivity contribution in [2.45, 2.75) is 38.9 Å². The van der Waals surface area contributed by atoms with E-state index in [1.165, 1.54) is 17.7 Å². The van der Waals surface area contributed by atoms with Crippen LogP contribution in [0.3, 0.4) is 0 Å². The molecule has 1 fully saturated rings. The maximum Gasteiger partial charge on any atom is 0.191 e. The molecule has 0 spiro atoms. The van der Waals surface area contributed by atoms with Crippen molar-refractivity contribution in [3.63, 3.8) is 0 Å². The number of nitrogens with one attached hydrogen (secondary N) is 2. The van der Waals surface area contributed by atoms with Crippen molar-refractivity contribution in [3.05, 3.63) is 71.0 Å². The van der Waals surface area contributed by atoms with Crippen LogP contribution in [-0.4, -0.2) is 36.5 Å². The number of rotatable bonds is 6. The Morgan fingerprint density at radius 3 is 2.80 bits per heavy atom. The summed E-state index contributed by atoms with van der Waals surface area (Å²) in [6, 6.07) is 17.2. The summed E-state index contributed by atoms with van der Waals surface area (Å²) in [6.45, 7) is 5.91. The largest absolute Gasteiger partial charge is 0.357 e. The van der Waals surface area contributed by atoms with Crippen LogP contribution in [0.1, 0.15) is 36.5 Å². The van der Waals surface area contributed by atoms with Gasteiger partial charge in [0, 0.05) is 31.2 Å². The number of aliphatic imine (C=N–C) groups is 1. The van der Waals surface area contributed by atoms with Crippen molar-refractivity contribution in [1.29, 1.82) is 5.26 Å². The highest BCUT2D eigenvalue weighted by atomic mass is 127. The van der Waals surface area contributed by atoms with E-state index >= 15 is 0 Å². The number of benzene rings is 2. The van der Waals surface area contributed by atoms with Crippen LogP contribution >= 0.6 is 24.0 Å². The zero-order chi connectivity index (χ0) is 20.5. The summed E-state index contributed by atoms with van der Waals surface area (Å²) >= 11 is 0. The monoisotopic (exact) mass is 521 g/mol. The minimum atomic E-state index is -0.338. The van der Waals surface area contributed by atoms with Crippen LogP contribution < -0.4 is 10.6 Å². The standard InChI is InChI=1S/C23H28FN5.HI/c1-2-26-23(27-15-20-13-19(14-25)10-11-22(20)24)28-21-9-6-12-29(17-21)16-18-7-4-3-5-8-18;/h3-5,7-8,10-11,13,21H,2,6,9,12,15-17H2,1H3,(H2,26,27,28);1H. The van der Waals surface area contributed by atoms with Gasteiger partial charge in [0.1, 0.15) is 5.82 Å². The normalized spacial score (nSPS) is 17.0. The highest BCUT2D eigenvalue weighted by Gasteiger charge is 2.20. The first kappa shape index (κ1) is 24.1. The molecule has 30 heavy (non-hydrogen) atoms. The van der Waals surface area contributed by atoms with Crippen molar-refractivity contribution in [2.75, 3.05) is 19.6 Å². The molecule has 0 aromatic heterocycles. The number of likely N-dealkylation sites (tertiary alicyclic amines) is 1. The molecule has 2 aromatic rings. The van der Waals surface area contributed by atoms with E-state index < -0.39 is 0 Å². The maximum atomic E-state index is 14.0. The number of piperidine rings is 1. The molecule has 1 unspecified atom stereocenters. The minimum absolute atomic E-state index is 0. The molecule has 1 atom stereocenters. The smallest absolute Gasteiger partial charge is 0.191 e. The van der Waals surface area contributed by atoms with Gasteiger partial charge in [0.2, 0.25) is 0 Å². The van der Waals surface area contributed by atoms with Crippen LogP contribution in [0.2, 0.25) is 0 Å². The molecular formula is C23H29FIN5. The number of nitriles is 1. The summed E-state index contributed by atoms with van der Waals surface area (Å²) in [5, 5.41) is 15.8. The van der Waals surface area contributed by atoms with Crippen LogP contribution in [0.25, 0.3) is 0 Å². The predicted molar refractivity (Wildman–Crippen MR) is 129 cm³/mol. The van der Waals surface area contributed by atoms with E-state index in [0.29, 0.717) is 23.1 Å². The summed E-state index contributed by atoms with van der Waals surface area (Å²) in [5.41, 5.74) is 2.19. The Balaban J connectivity index is 0.00000320. The van der Waals surface area contributed by atoms with Crippen LogP contribution in [0.4, 0.5) is 4.39 Å². The molecule has 1 aliphatic rings. The molecular weight excluding hydrogens is 492 g/mol. The molecule has 0 aliphatic carbocycles. The van der Waals surface area contributed by atoms with Gasteiger partial charge in [-0.3, -0.25) is 4.90 Å². The Hall–Kier alpha value is -2.18. The zero-order valence-corrected chi connectivity index (χ0v) is 19.6. The van der Waals surface area contributed by atoms with Gasteiger partial charge in [-0.2, -0.15) is 5.26 Å². The summed E-state index contributed by atoms with van der Waals surface area (Å²) in [6.07, 6.45) is 2.21. The third kappa shape index (κ3) is 7.26. The number of halogens is 2. The topological polar surface area (TPSA) is 63.5 Å². The van der Waals surface area contributed by atoms with Crippen LogP contribution in [0.5, 0.6) is 0 Å². The van der Waals surface area contributed by atoms with Crippen molar-refractivity contribution < 1.29 is 4.39 Å². The molecule has 0 saturated carbocycles. The van der Waals surface area contributed by atoms with Gasteiger partial charge in [-0.05, 0) is 50.1 Å². The number of guanidine groups is 1. The van der Waals surface area contributed by atoms with E-state index in [-0.39, 0.29) is 36.3 Å². The van der Waals surface area contributed by atoms with E-state index in [4.69, 9.17) is 5.26 Å². The average Bonchev–Trinajstić information content (AvgIpc) is 2.74. The molecule has 0 radical (unpaired) electrons. The van der Waals surface area contributed by atoms with Gasteiger partial charge >= 0.3 is 0 Å². The van der Waals surface area contributed by atoms with E-state index in [0.717, 1.165) is 39.0 Å². The molecule has 1 heterocycles. The van der Waals surface area contributed by atoms with Gasteiger partial charge in [-0.25, -0.2) is 9.38 Å². The van der Waals surface area contributed by atoms with Crippen molar-refractivity contribution in [1.82, 2.24) is 15.5 Å². The lowest BCUT2D eigenvalue weighted by atomic mass is 10.0. The fraction of sp³-hybridized carbons (Fsp3) is 0.391. The van der Waals surface area contributed by atoms with Gasteiger partial charge in [0.25, 0.3) is 0 Å². The number of nitrogens with zero attached hydrogens (tertiary/aromatic N) is 3. The van der Waals surface area contributed by atoms with E-state index in [1.807, 2.05) is 19.1 Å². The molecule has 2 N–H and O–H groups in total. The molecule has 1 aliphatic heterocycles. The predicted octanol–water partition coefficient (Wildman–Crippen LogP) is 4.04. The van der Waals surface area contributed by atoms with E-state index in [2.05, 4.69) is 44.8 Å². The summed E-state index contributed by atoms with van der Waals surface area (Å²) in [7, 11) is 0. The maximum absolute atomic E-state index is 14.0. The van der Waals surface area contributed by atoms with Gasteiger partial charge < -0.3 is 10.6 Å². The van der Waals surface area contributed by atoms with E-state index in [1.54, 1.807) is 6.07 Å². The quantitative estimate of drug-likeness (QED) is 0.343. The fourth-order valence-corrected chi connectivity index (χ4v) is 3.60. The number of hydrogen-bond donors (Lipinski definition) is 2. The van der Waals surface area contributed by atoms with E-state index in [9.17, 15) is 4.39 Å². The molecule has 0 bridgehead atoms. The lowest BCUT2D eigenvalue weighted by Gasteiger charge is -2.34. The third-order valence-corrected chi connectivity index (χ3v) is 5.02. The molecule has 0 amide bonds. The zero-order valence-electron chi connectivity index (χ0n) is 17.3. The van der Waals surface area contributed by atoms with Crippen molar-refractivity contribution in [3.8, 4) is 6.07 Å². The van der Waals surface area contributed by atoms with Crippen LogP contribution in [-0.2, 0) is 13.1 Å². The molecule has 1 saturated heterocycles. The SMILES string of the molecule is CCNC(=NCc1cc(C#N)ccc1F)NC1CCCN(Cc2ccccc2)C1.I. The molecule has 160 valence electrons. The Morgan fingerprint density at radius 2 is 2.07 bits per heavy atom. The molecule has 3 rings (SSSR count). The average molecular weight is 521 g/mol. The van der Waals surface area contributed by atoms with Gasteiger partial charge in [-0.15, -0.1) is 24.0 Å². The van der Waals surface area contributed by atoms with Gasteiger partial charge in [0.15, 0.2) is 5.96 Å². The lowest BCUT2D eigenvalue weighted by molar-refractivity contribution is 0.192. The minimum Gasteiger partial charge on any atom is -0.357 e. The Morgan fingerprint density at radius 1 is 1.27 bits per heavy atom. The Labute approximate surface area is 195 Å². The second-order valence-electron chi connectivity index (χ2n) is 7.32. The second kappa shape index (κ2) is 12.5. The Bertz CT molecular complexity index is 866. The van der Waals surface area contributed by atoms with Gasteiger partial charge in [0.05, 0.1) is 18.2 Å². The summed E-state index contributed by atoms with van der Waals surface area (Å²) in [4.78, 5) is 7.00. The lowest BCUT2D eigenvalue weighted by Crippen LogP contribution is -2.51. The van der Waals surface area contributed by atoms with Crippen molar-refractivity contribution >= 4 is 29.9 Å². The molecule has 5 nitrogen and oxygen atoms in total.